The lowest BCUT2D eigenvalue weighted by Crippen LogP contribution is -2.02. The molecular formula is C29H28N2O3S. The topological polar surface area (TPSA) is 76.1 Å². The molecule has 0 saturated carbocycles. The zero-order chi connectivity index (χ0) is 24.5. The number of fused-ring (bicyclic) bond motifs is 1. The van der Waals surface area contributed by atoms with Gasteiger partial charge in [-0.25, -0.2) is 9.78 Å². The Balaban J connectivity index is 1.42. The van der Waals surface area contributed by atoms with E-state index in [-0.39, 0.29) is 0 Å². The average molecular weight is 485 g/mol. The molecule has 0 spiro atoms. The molecule has 0 aliphatic heterocycles. The maximum Gasteiger partial charge on any atom is 0.345 e. The first kappa shape index (κ1) is 24.4. The van der Waals surface area contributed by atoms with Gasteiger partial charge < -0.3 is 9.15 Å². The molecule has 4 rings (SSSR count). The van der Waals surface area contributed by atoms with E-state index in [9.17, 15) is 10.1 Å². The summed E-state index contributed by atoms with van der Waals surface area (Å²) < 4.78 is 11.3. The van der Waals surface area contributed by atoms with Gasteiger partial charge in [0.2, 0.25) is 0 Å². The minimum atomic E-state index is -0.445. The van der Waals surface area contributed by atoms with Gasteiger partial charge in [0.1, 0.15) is 22.4 Å². The molecule has 0 saturated heterocycles. The normalized spacial score (nSPS) is 11.5. The third-order valence-electron chi connectivity index (χ3n) is 5.73. The number of benzene rings is 2. The van der Waals surface area contributed by atoms with E-state index < -0.39 is 5.63 Å². The van der Waals surface area contributed by atoms with Crippen LogP contribution in [0.15, 0.2) is 69.2 Å². The number of nitrogens with zero attached hydrogens (tertiary/aromatic N) is 2. The number of thiazole rings is 1. The highest BCUT2D eigenvalue weighted by Crippen LogP contribution is 2.27. The summed E-state index contributed by atoms with van der Waals surface area (Å²) in [4.78, 5) is 17.0. The molecule has 0 aliphatic rings. The molecule has 0 amide bonds. The molecule has 0 atom stereocenters. The van der Waals surface area contributed by atoms with Gasteiger partial charge in [-0.05, 0) is 42.3 Å². The van der Waals surface area contributed by atoms with E-state index in [1.54, 1.807) is 23.6 Å². The van der Waals surface area contributed by atoms with Crippen molar-refractivity contribution in [2.45, 2.75) is 45.4 Å². The van der Waals surface area contributed by atoms with Crippen molar-refractivity contribution in [1.29, 1.82) is 5.26 Å². The van der Waals surface area contributed by atoms with Crippen LogP contribution in [0.1, 0.15) is 56.0 Å². The van der Waals surface area contributed by atoms with Crippen molar-refractivity contribution >= 4 is 34.0 Å². The quantitative estimate of drug-likeness (QED) is 0.124. The van der Waals surface area contributed by atoms with Crippen LogP contribution in [0.5, 0.6) is 5.75 Å². The summed E-state index contributed by atoms with van der Waals surface area (Å²) in [5.41, 5.74) is 2.30. The molecule has 35 heavy (non-hydrogen) atoms. The number of para-hydroxylation sites is 1. The number of unbranched alkanes of at least 4 members (excludes halogenated alkanes) is 5. The molecule has 5 nitrogen and oxygen atoms in total. The van der Waals surface area contributed by atoms with Crippen molar-refractivity contribution in [1.82, 2.24) is 4.98 Å². The van der Waals surface area contributed by atoms with E-state index in [0.29, 0.717) is 27.4 Å². The average Bonchev–Trinajstić information content (AvgIpc) is 3.37. The largest absolute Gasteiger partial charge is 0.494 e. The fourth-order valence-corrected chi connectivity index (χ4v) is 4.59. The second-order valence-corrected chi connectivity index (χ2v) is 9.24. The summed E-state index contributed by atoms with van der Waals surface area (Å²) in [5, 5.41) is 12.9. The minimum Gasteiger partial charge on any atom is -0.494 e. The van der Waals surface area contributed by atoms with Gasteiger partial charge in [0.05, 0.1) is 23.4 Å². The summed E-state index contributed by atoms with van der Waals surface area (Å²) in [7, 11) is 0. The lowest BCUT2D eigenvalue weighted by atomic mass is 10.1. The molecule has 0 fully saturated rings. The summed E-state index contributed by atoms with van der Waals surface area (Å²) in [6.07, 6.45) is 9.19. The van der Waals surface area contributed by atoms with Crippen molar-refractivity contribution in [3.8, 4) is 23.1 Å². The Hall–Kier alpha value is -3.69. The summed E-state index contributed by atoms with van der Waals surface area (Å²) in [6, 6.07) is 19.1. The van der Waals surface area contributed by atoms with Crippen LogP contribution in [0.25, 0.3) is 33.9 Å². The second kappa shape index (κ2) is 12.1. The lowest BCUT2D eigenvalue weighted by molar-refractivity contribution is 0.304. The molecule has 0 N–H and O–H groups in total. The van der Waals surface area contributed by atoms with Gasteiger partial charge in [0.25, 0.3) is 0 Å². The molecule has 0 radical (unpaired) electrons. The standard InChI is InChI=1S/C29H28N2O3S/c1-2-3-4-5-6-9-16-33-24-14-12-21(13-15-24)17-23(19-30)28-31-26(20-35-28)25-18-22-10-7-8-11-27(22)34-29(25)32/h7-8,10-15,17-18,20H,2-6,9,16H2,1H3/b23-17-. The van der Waals surface area contributed by atoms with Crippen LogP contribution in [0.3, 0.4) is 0 Å². The first-order chi connectivity index (χ1) is 17.2. The molecule has 0 aliphatic carbocycles. The van der Waals surface area contributed by atoms with Crippen LogP contribution in [0.2, 0.25) is 0 Å². The maximum absolute atomic E-state index is 12.5. The SMILES string of the molecule is CCCCCCCCOc1ccc(/C=C(/C#N)c2nc(-c3cc4ccccc4oc3=O)cs2)cc1. The van der Waals surface area contributed by atoms with Crippen molar-refractivity contribution in [2.75, 3.05) is 6.61 Å². The van der Waals surface area contributed by atoms with Gasteiger partial charge in [0, 0.05) is 10.8 Å². The Morgan fingerprint density at radius 3 is 2.66 bits per heavy atom. The number of hydrogen-bond acceptors (Lipinski definition) is 6. The smallest absolute Gasteiger partial charge is 0.345 e. The third-order valence-corrected chi connectivity index (χ3v) is 6.61. The zero-order valence-electron chi connectivity index (χ0n) is 19.8. The molecule has 0 bridgehead atoms. The Morgan fingerprint density at radius 1 is 1.09 bits per heavy atom. The van der Waals surface area contributed by atoms with Crippen LogP contribution in [-0.2, 0) is 0 Å². The number of aromatic nitrogens is 1. The van der Waals surface area contributed by atoms with Gasteiger partial charge in [-0.3, -0.25) is 0 Å². The third kappa shape index (κ3) is 6.46. The number of nitriles is 1. The van der Waals surface area contributed by atoms with Crippen LogP contribution in [0, 0.1) is 11.3 Å². The number of allylic oxidation sites excluding steroid dienone is 1. The van der Waals surface area contributed by atoms with Crippen molar-refractivity contribution in [3.05, 3.63) is 81.0 Å². The second-order valence-electron chi connectivity index (χ2n) is 8.38. The van der Waals surface area contributed by atoms with Crippen molar-refractivity contribution in [3.63, 3.8) is 0 Å². The highest BCUT2D eigenvalue weighted by atomic mass is 32.1. The van der Waals surface area contributed by atoms with Gasteiger partial charge in [0.15, 0.2) is 0 Å². The fraction of sp³-hybridized carbons (Fsp3) is 0.276. The number of hydrogen-bond donors (Lipinski definition) is 0. The Kier molecular flexibility index (Phi) is 8.48. The summed E-state index contributed by atoms with van der Waals surface area (Å²) in [6.45, 7) is 2.94. The van der Waals surface area contributed by atoms with E-state index in [1.165, 1.54) is 43.4 Å². The van der Waals surface area contributed by atoms with E-state index in [1.807, 2.05) is 42.5 Å². The van der Waals surface area contributed by atoms with Gasteiger partial charge in [-0.1, -0.05) is 69.4 Å². The Labute approximate surface area is 209 Å². The molecule has 2 aromatic carbocycles. The monoisotopic (exact) mass is 484 g/mol. The lowest BCUT2D eigenvalue weighted by Gasteiger charge is -2.06. The maximum atomic E-state index is 12.5. The van der Waals surface area contributed by atoms with Crippen molar-refractivity contribution in [2.24, 2.45) is 0 Å². The Bertz CT molecular complexity index is 1390. The van der Waals surface area contributed by atoms with Crippen LogP contribution in [0.4, 0.5) is 0 Å². The predicted octanol–water partition coefficient (Wildman–Crippen LogP) is 7.72. The van der Waals surface area contributed by atoms with E-state index in [4.69, 9.17) is 9.15 Å². The predicted molar refractivity (Wildman–Crippen MR) is 142 cm³/mol. The zero-order valence-corrected chi connectivity index (χ0v) is 20.6. The fourth-order valence-electron chi connectivity index (χ4n) is 3.80. The van der Waals surface area contributed by atoms with Crippen molar-refractivity contribution < 1.29 is 9.15 Å². The molecule has 178 valence electrons. The van der Waals surface area contributed by atoms with Crippen LogP contribution >= 0.6 is 11.3 Å². The van der Waals surface area contributed by atoms with Gasteiger partial charge in [-0.15, -0.1) is 11.3 Å². The summed E-state index contributed by atoms with van der Waals surface area (Å²) in [5.74, 6) is 0.828. The first-order valence-corrected chi connectivity index (χ1v) is 12.9. The molecule has 2 heterocycles. The van der Waals surface area contributed by atoms with Gasteiger partial charge >= 0.3 is 5.63 Å². The van der Waals surface area contributed by atoms with E-state index in [0.717, 1.165) is 29.7 Å². The first-order valence-electron chi connectivity index (χ1n) is 12.0. The number of ether oxygens (including phenoxy) is 1. The number of rotatable bonds is 11. The van der Waals surface area contributed by atoms with Crippen LogP contribution < -0.4 is 10.4 Å². The highest BCUT2D eigenvalue weighted by Gasteiger charge is 2.14. The van der Waals surface area contributed by atoms with Gasteiger partial charge in [-0.2, -0.15) is 5.26 Å². The highest BCUT2D eigenvalue weighted by molar-refractivity contribution is 7.11. The Morgan fingerprint density at radius 2 is 1.86 bits per heavy atom. The molecule has 4 aromatic rings. The van der Waals surface area contributed by atoms with E-state index >= 15 is 0 Å². The van der Waals surface area contributed by atoms with Crippen LogP contribution in [-0.4, -0.2) is 11.6 Å². The molecule has 6 heteroatoms. The van der Waals surface area contributed by atoms with E-state index in [2.05, 4.69) is 18.0 Å². The minimum absolute atomic E-state index is 0.385. The molecule has 2 aromatic heterocycles. The summed E-state index contributed by atoms with van der Waals surface area (Å²) >= 11 is 1.33. The molecule has 0 unspecified atom stereocenters. The molecular weight excluding hydrogens is 456 g/mol.